The Balaban J connectivity index is 1.88. The first kappa shape index (κ1) is 17.3. The van der Waals surface area contributed by atoms with Crippen molar-refractivity contribution in [3.05, 3.63) is 29.8 Å². The Bertz CT molecular complexity index is 556. The molecule has 1 aliphatic rings. The van der Waals surface area contributed by atoms with Crippen LogP contribution in [0.2, 0.25) is 0 Å². The molecule has 0 aromatic heterocycles. The minimum absolute atomic E-state index is 0.0181. The summed E-state index contributed by atoms with van der Waals surface area (Å²) in [7, 11) is 0. The fourth-order valence-electron chi connectivity index (χ4n) is 2.71. The van der Waals surface area contributed by atoms with E-state index < -0.39 is 0 Å². The molecule has 1 aromatic carbocycles. The zero-order valence-corrected chi connectivity index (χ0v) is 13.9. The molecule has 0 radical (unpaired) electrons. The van der Waals surface area contributed by atoms with Crippen LogP contribution in [0.25, 0.3) is 0 Å². The number of amides is 3. The van der Waals surface area contributed by atoms with Crippen LogP contribution < -0.4 is 16.0 Å². The molecule has 6 nitrogen and oxygen atoms in total. The predicted octanol–water partition coefficient (Wildman–Crippen LogP) is 2.57. The van der Waals surface area contributed by atoms with Crippen molar-refractivity contribution in [2.24, 2.45) is 0 Å². The summed E-state index contributed by atoms with van der Waals surface area (Å²) < 4.78 is 5.58. The Morgan fingerprint density at radius 1 is 1.26 bits per heavy atom. The van der Waals surface area contributed by atoms with Crippen molar-refractivity contribution in [1.82, 2.24) is 10.6 Å². The average molecular weight is 319 g/mol. The van der Waals surface area contributed by atoms with Crippen LogP contribution in [0.15, 0.2) is 24.3 Å². The molecule has 3 unspecified atom stereocenters. The SMILES string of the molecule is CC(=O)Nc1cccc(C(C)NC(=O)NC(C)C2CCCO2)c1. The lowest BCUT2D eigenvalue weighted by Gasteiger charge is -2.22. The lowest BCUT2D eigenvalue weighted by Crippen LogP contribution is -2.46. The lowest BCUT2D eigenvalue weighted by molar-refractivity contribution is -0.114. The second-order valence-electron chi connectivity index (χ2n) is 5.99. The number of hydrogen-bond donors (Lipinski definition) is 3. The average Bonchev–Trinajstić information content (AvgIpc) is 3.00. The second-order valence-corrected chi connectivity index (χ2v) is 5.99. The molecule has 3 N–H and O–H groups in total. The van der Waals surface area contributed by atoms with Gasteiger partial charge in [0, 0.05) is 19.2 Å². The Morgan fingerprint density at radius 3 is 2.70 bits per heavy atom. The van der Waals surface area contributed by atoms with Gasteiger partial charge in [0.05, 0.1) is 18.2 Å². The summed E-state index contributed by atoms with van der Waals surface area (Å²) in [6.45, 7) is 6.10. The summed E-state index contributed by atoms with van der Waals surface area (Å²) in [6.07, 6.45) is 2.12. The number of nitrogens with one attached hydrogen (secondary N) is 3. The van der Waals surface area contributed by atoms with Gasteiger partial charge in [0.15, 0.2) is 0 Å². The van der Waals surface area contributed by atoms with Gasteiger partial charge >= 0.3 is 6.03 Å². The number of ether oxygens (including phenoxy) is 1. The van der Waals surface area contributed by atoms with Crippen molar-refractivity contribution in [2.75, 3.05) is 11.9 Å². The van der Waals surface area contributed by atoms with E-state index in [-0.39, 0.29) is 30.1 Å². The van der Waals surface area contributed by atoms with Crippen molar-refractivity contribution < 1.29 is 14.3 Å². The molecule has 0 spiro atoms. The Hall–Kier alpha value is -2.08. The summed E-state index contributed by atoms with van der Waals surface area (Å²) in [6, 6.07) is 7.04. The Kier molecular flexibility index (Phi) is 5.98. The molecule has 0 saturated carbocycles. The standard InChI is InChI=1S/C17H25N3O3/c1-11(14-6-4-7-15(10-14)20-13(3)21)18-17(22)19-12(2)16-8-5-9-23-16/h4,6-7,10-12,16H,5,8-9H2,1-3H3,(H,20,21)(H2,18,19,22). The molecule has 0 aliphatic carbocycles. The molecule has 1 aromatic rings. The van der Waals surface area contributed by atoms with Gasteiger partial charge in [-0.2, -0.15) is 0 Å². The third-order valence-corrected chi connectivity index (χ3v) is 3.94. The van der Waals surface area contributed by atoms with Crippen LogP contribution in [-0.2, 0) is 9.53 Å². The maximum Gasteiger partial charge on any atom is 0.315 e. The first-order valence-corrected chi connectivity index (χ1v) is 8.02. The fourth-order valence-corrected chi connectivity index (χ4v) is 2.71. The monoisotopic (exact) mass is 319 g/mol. The van der Waals surface area contributed by atoms with E-state index in [1.807, 2.05) is 38.1 Å². The minimum Gasteiger partial charge on any atom is -0.376 e. The van der Waals surface area contributed by atoms with Crippen LogP contribution in [0.5, 0.6) is 0 Å². The van der Waals surface area contributed by atoms with Gasteiger partial charge in [0.1, 0.15) is 0 Å². The largest absolute Gasteiger partial charge is 0.376 e. The number of anilines is 1. The van der Waals surface area contributed by atoms with Crippen molar-refractivity contribution in [3.8, 4) is 0 Å². The topological polar surface area (TPSA) is 79.5 Å². The van der Waals surface area contributed by atoms with E-state index in [4.69, 9.17) is 4.74 Å². The van der Waals surface area contributed by atoms with Crippen molar-refractivity contribution in [1.29, 1.82) is 0 Å². The highest BCUT2D eigenvalue weighted by atomic mass is 16.5. The second kappa shape index (κ2) is 7.97. The molecule has 23 heavy (non-hydrogen) atoms. The Labute approximate surface area is 137 Å². The van der Waals surface area contributed by atoms with Crippen molar-refractivity contribution in [3.63, 3.8) is 0 Å². The van der Waals surface area contributed by atoms with E-state index in [9.17, 15) is 9.59 Å². The summed E-state index contributed by atoms with van der Waals surface area (Å²) >= 11 is 0. The first-order chi connectivity index (χ1) is 11.0. The van der Waals surface area contributed by atoms with E-state index >= 15 is 0 Å². The highest BCUT2D eigenvalue weighted by Crippen LogP contribution is 2.18. The molecule has 3 amide bonds. The predicted molar refractivity (Wildman–Crippen MR) is 89.3 cm³/mol. The molecule has 6 heteroatoms. The van der Waals surface area contributed by atoms with E-state index in [0.29, 0.717) is 0 Å². The smallest absolute Gasteiger partial charge is 0.315 e. The molecule has 0 bridgehead atoms. The van der Waals surface area contributed by atoms with Gasteiger partial charge in [-0.25, -0.2) is 4.79 Å². The number of rotatable bonds is 5. The van der Waals surface area contributed by atoms with Crippen molar-refractivity contribution >= 4 is 17.6 Å². The number of urea groups is 1. The maximum absolute atomic E-state index is 12.1. The molecule has 1 aliphatic heterocycles. The van der Waals surface area contributed by atoms with Gasteiger partial charge < -0.3 is 20.7 Å². The van der Waals surface area contributed by atoms with Crippen LogP contribution in [0.1, 0.15) is 45.2 Å². The maximum atomic E-state index is 12.1. The van der Waals surface area contributed by atoms with Gasteiger partial charge in [-0.05, 0) is 44.4 Å². The van der Waals surface area contributed by atoms with Crippen LogP contribution in [0, 0.1) is 0 Å². The lowest BCUT2D eigenvalue weighted by atomic mass is 10.1. The summed E-state index contributed by atoms with van der Waals surface area (Å²) in [5.41, 5.74) is 1.65. The minimum atomic E-state index is -0.217. The van der Waals surface area contributed by atoms with E-state index in [2.05, 4.69) is 16.0 Å². The zero-order chi connectivity index (χ0) is 16.8. The summed E-state index contributed by atoms with van der Waals surface area (Å²) in [4.78, 5) is 23.2. The van der Waals surface area contributed by atoms with Crippen molar-refractivity contribution in [2.45, 2.75) is 51.8 Å². The van der Waals surface area contributed by atoms with Gasteiger partial charge in [-0.15, -0.1) is 0 Å². The molecule has 3 atom stereocenters. The summed E-state index contributed by atoms with van der Waals surface area (Å²) in [5, 5.41) is 8.58. The Morgan fingerprint density at radius 2 is 2.04 bits per heavy atom. The van der Waals surface area contributed by atoms with Gasteiger partial charge in [0.2, 0.25) is 5.91 Å². The number of benzene rings is 1. The first-order valence-electron chi connectivity index (χ1n) is 8.02. The third-order valence-electron chi connectivity index (χ3n) is 3.94. The van der Waals surface area contributed by atoms with Crippen LogP contribution in [0.4, 0.5) is 10.5 Å². The third kappa shape index (κ3) is 5.25. The van der Waals surface area contributed by atoms with E-state index in [0.717, 1.165) is 30.7 Å². The molecule has 2 rings (SSSR count). The highest BCUT2D eigenvalue weighted by Gasteiger charge is 2.24. The van der Waals surface area contributed by atoms with Gasteiger partial charge in [0.25, 0.3) is 0 Å². The molecular weight excluding hydrogens is 294 g/mol. The summed E-state index contributed by atoms with van der Waals surface area (Å²) in [5.74, 6) is -0.120. The highest BCUT2D eigenvalue weighted by molar-refractivity contribution is 5.88. The van der Waals surface area contributed by atoms with Crippen LogP contribution in [-0.4, -0.2) is 30.7 Å². The van der Waals surface area contributed by atoms with E-state index in [1.165, 1.54) is 6.92 Å². The molecule has 126 valence electrons. The zero-order valence-electron chi connectivity index (χ0n) is 13.9. The number of hydrogen-bond acceptors (Lipinski definition) is 3. The van der Waals surface area contributed by atoms with Crippen LogP contribution in [0.3, 0.4) is 0 Å². The number of carbonyl (C=O) groups is 2. The fraction of sp³-hybridized carbons (Fsp3) is 0.529. The van der Waals surface area contributed by atoms with E-state index in [1.54, 1.807) is 0 Å². The molecule has 1 heterocycles. The molecule has 1 fully saturated rings. The number of carbonyl (C=O) groups excluding carboxylic acids is 2. The molecule has 1 saturated heterocycles. The van der Waals surface area contributed by atoms with Crippen LogP contribution >= 0.6 is 0 Å². The normalized spacial score (nSPS) is 19.7. The quantitative estimate of drug-likeness (QED) is 0.780. The van der Waals surface area contributed by atoms with Gasteiger partial charge in [-0.3, -0.25) is 4.79 Å². The molecular formula is C17H25N3O3. The van der Waals surface area contributed by atoms with Gasteiger partial charge in [-0.1, -0.05) is 12.1 Å².